The van der Waals surface area contributed by atoms with Gasteiger partial charge in [0.25, 0.3) is 0 Å². The lowest BCUT2D eigenvalue weighted by atomic mass is 9.88. The molecule has 1 saturated carbocycles. The van der Waals surface area contributed by atoms with Gasteiger partial charge in [0.1, 0.15) is 11.5 Å². The zero-order valence-corrected chi connectivity index (χ0v) is 9.46. The highest BCUT2D eigenvalue weighted by atomic mass is 16.5. The summed E-state index contributed by atoms with van der Waals surface area (Å²) in [6.07, 6.45) is 1.96. The van der Waals surface area contributed by atoms with E-state index in [1.807, 2.05) is 25.1 Å². The second-order valence-electron chi connectivity index (χ2n) is 4.27. The van der Waals surface area contributed by atoms with E-state index in [2.05, 4.69) is 0 Å². The molecular weight excluding hydrogens is 188 g/mol. The molecular formula is C13H16O2. The van der Waals surface area contributed by atoms with Gasteiger partial charge in [0.2, 0.25) is 0 Å². The van der Waals surface area contributed by atoms with E-state index < -0.39 is 0 Å². The number of rotatable bonds is 3. The number of benzene rings is 1. The van der Waals surface area contributed by atoms with Crippen LogP contribution in [0.1, 0.15) is 30.9 Å². The number of carbonyl (C=O) groups excluding carboxylic acids is 1. The summed E-state index contributed by atoms with van der Waals surface area (Å²) >= 11 is 0. The first kappa shape index (κ1) is 10.2. The van der Waals surface area contributed by atoms with E-state index in [4.69, 9.17) is 4.74 Å². The maximum atomic E-state index is 11.6. The third kappa shape index (κ3) is 1.44. The van der Waals surface area contributed by atoms with Crippen molar-refractivity contribution in [2.45, 2.75) is 32.1 Å². The van der Waals surface area contributed by atoms with Gasteiger partial charge >= 0.3 is 0 Å². The molecule has 2 nitrogen and oxygen atoms in total. The molecule has 1 aliphatic carbocycles. The third-order valence-corrected chi connectivity index (χ3v) is 3.44. The Bertz CT molecular complexity index is 403. The molecule has 0 radical (unpaired) electrons. The van der Waals surface area contributed by atoms with Gasteiger partial charge in [-0.15, -0.1) is 0 Å². The van der Waals surface area contributed by atoms with Gasteiger partial charge in [-0.1, -0.05) is 12.1 Å². The molecule has 0 saturated heterocycles. The van der Waals surface area contributed by atoms with E-state index in [-0.39, 0.29) is 11.2 Å². The first-order valence-electron chi connectivity index (χ1n) is 5.27. The van der Waals surface area contributed by atoms with Crippen LogP contribution in [0.4, 0.5) is 0 Å². The van der Waals surface area contributed by atoms with Crippen LogP contribution in [-0.4, -0.2) is 12.9 Å². The van der Waals surface area contributed by atoms with Crippen LogP contribution in [0.5, 0.6) is 5.75 Å². The summed E-state index contributed by atoms with van der Waals surface area (Å²) in [6, 6.07) is 5.95. The predicted octanol–water partition coefficient (Wildman–Crippen LogP) is 2.62. The Balaban J connectivity index is 2.50. The lowest BCUT2D eigenvalue weighted by molar-refractivity contribution is -0.119. The highest BCUT2D eigenvalue weighted by Crippen LogP contribution is 2.50. The summed E-state index contributed by atoms with van der Waals surface area (Å²) in [5, 5.41) is 0. The van der Waals surface area contributed by atoms with Crippen molar-refractivity contribution in [2.24, 2.45) is 0 Å². The van der Waals surface area contributed by atoms with Gasteiger partial charge in [-0.3, -0.25) is 4.79 Å². The monoisotopic (exact) mass is 204 g/mol. The van der Waals surface area contributed by atoms with E-state index in [9.17, 15) is 4.79 Å². The number of hydrogen-bond acceptors (Lipinski definition) is 2. The third-order valence-electron chi connectivity index (χ3n) is 3.44. The Morgan fingerprint density at radius 3 is 2.53 bits per heavy atom. The van der Waals surface area contributed by atoms with Crippen LogP contribution in [-0.2, 0) is 10.2 Å². The first-order chi connectivity index (χ1) is 7.12. The molecule has 1 aromatic carbocycles. The molecule has 1 aliphatic rings. The van der Waals surface area contributed by atoms with Crippen molar-refractivity contribution in [3.63, 3.8) is 0 Å². The molecule has 0 N–H and O–H groups in total. The van der Waals surface area contributed by atoms with Crippen molar-refractivity contribution in [1.82, 2.24) is 0 Å². The summed E-state index contributed by atoms with van der Waals surface area (Å²) < 4.78 is 5.28. The molecule has 0 aliphatic heterocycles. The molecule has 0 bridgehead atoms. The molecule has 2 rings (SSSR count). The maximum Gasteiger partial charge on any atom is 0.140 e. The van der Waals surface area contributed by atoms with Crippen molar-refractivity contribution < 1.29 is 9.53 Å². The molecule has 0 amide bonds. The van der Waals surface area contributed by atoms with E-state index in [1.54, 1.807) is 14.0 Å². The Kier molecular flexibility index (Phi) is 2.29. The average molecular weight is 204 g/mol. The first-order valence-corrected chi connectivity index (χ1v) is 5.27. The second-order valence-corrected chi connectivity index (χ2v) is 4.27. The SMILES string of the molecule is COc1cccc(C2(C(C)=O)CC2)c1C. The Morgan fingerprint density at radius 2 is 2.07 bits per heavy atom. The molecule has 0 aromatic heterocycles. The number of ether oxygens (including phenoxy) is 1. The van der Waals surface area contributed by atoms with Gasteiger partial charge in [-0.05, 0) is 43.9 Å². The van der Waals surface area contributed by atoms with Crippen LogP contribution in [0.15, 0.2) is 18.2 Å². The molecule has 0 heterocycles. The minimum atomic E-state index is -0.196. The van der Waals surface area contributed by atoms with Gasteiger partial charge in [0, 0.05) is 0 Å². The van der Waals surface area contributed by atoms with E-state index >= 15 is 0 Å². The second kappa shape index (κ2) is 3.37. The Hall–Kier alpha value is -1.31. The summed E-state index contributed by atoms with van der Waals surface area (Å²) in [5.74, 6) is 1.15. The quantitative estimate of drug-likeness (QED) is 0.756. The standard InChI is InChI=1S/C13H16O2/c1-9-11(5-4-6-12(9)15-3)13(7-8-13)10(2)14/h4-6H,7-8H2,1-3H3. The lowest BCUT2D eigenvalue weighted by Crippen LogP contribution is -2.18. The molecule has 0 spiro atoms. The minimum absolute atomic E-state index is 0.196. The predicted molar refractivity (Wildman–Crippen MR) is 59.3 cm³/mol. The van der Waals surface area contributed by atoms with Crippen LogP contribution in [0.25, 0.3) is 0 Å². The summed E-state index contributed by atoms with van der Waals surface area (Å²) in [7, 11) is 1.67. The van der Waals surface area contributed by atoms with Crippen molar-refractivity contribution >= 4 is 5.78 Å². The Labute approximate surface area is 90.3 Å². The van der Waals surface area contributed by atoms with Gasteiger partial charge in [0.15, 0.2) is 0 Å². The van der Waals surface area contributed by atoms with E-state index in [1.165, 1.54) is 0 Å². The summed E-state index contributed by atoms with van der Waals surface area (Å²) in [4.78, 5) is 11.6. The lowest BCUT2D eigenvalue weighted by Gasteiger charge is -2.16. The minimum Gasteiger partial charge on any atom is -0.496 e. The van der Waals surface area contributed by atoms with Crippen LogP contribution in [0.2, 0.25) is 0 Å². The molecule has 15 heavy (non-hydrogen) atoms. The Morgan fingerprint density at radius 1 is 1.40 bits per heavy atom. The molecule has 0 unspecified atom stereocenters. The normalized spacial score (nSPS) is 17.3. The fourth-order valence-corrected chi connectivity index (χ4v) is 2.29. The summed E-state index contributed by atoms with van der Waals surface area (Å²) in [6.45, 7) is 3.71. The zero-order valence-electron chi connectivity index (χ0n) is 9.46. The number of hydrogen-bond donors (Lipinski definition) is 0. The van der Waals surface area contributed by atoms with Crippen LogP contribution in [0.3, 0.4) is 0 Å². The van der Waals surface area contributed by atoms with Crippen molar-refractivity contribution in [1.29, 1.82) is 0 Å². The van der Waals surface area contributed by atoms with Gasteiger partial charge < -0.3 is 4.74 Å². The van der Waals surface area contributed by atoms with Crippen LogP contribution in [0, 0.1) is 6.92 Å². The molecule has 1 fully saturated rings. The highest BCUT2D eigenvalue weighted by Gasteiger charge is 2.49. The topological polar surface area (TPSA) is 26.3 Å². The van der Waals surface area contributed by atoms with Crippen molar-refractivity contribution in [3.05, 3.63) is 29.3 Å². The molecule has 2 heteroatoms. The fourth-order valence-electron chi connectivity index (χ4n) is 2.29. The number of carbonyl (C=O) groups is 1. The molecule has 80 valence electrons. The average Bonchev–Trinajstić information content (AvgIpc) is 2.99. The van der Waals surface area contributed by atoms with E-state index in [0.29, 0.717) is 0 Å². The van der Waals surface area contributed by atoms with Crippen molar-refractivity contribution in [2.75, 3.05) is 7.11 Å². The molecule has 1 aromatic rings. The van der Waals surface area contributed by atoms with Crippen LogP contribution < -0.4 is 4.74 Å². The zero-order chi connectivity index (χ0) is 11.1. The van der Waals surface area contributed by atoms with Gasteiger partial charge in [-0.25, -0.2) is 0 Å². The highest BCUT2D eigenvalue weighted by molar-refractivity contribution is 5.91. The number of ketones is 1. The smallest absolute Gasteiger partial charge is 0.140 e. The van der Waals surface area contributed by atoms with E-state index in [0.717, 1.165) is 29.7 Å². The molecule has 0 atom stereocenters. The van der Waals surface area contributed by atoms with Gasteiger partial charge in [0.05, 0.1) is 12.5 Å². The number of methoxy groups -OCH3 is 1. The van der Waals surface area contributed by atoms with Gasteiger partial charge in [-0.2, -0.15) is 0 Å². The summed E-state index contributed by atoms with van der Waals surface area (Å²) in [5.41, 5.74) is 2.06. The fraction of sp³-hybridized carbons (Fsp3) is 0.462. The van der Waals surface area contributed by atoms with Crippen LogP contribution >= 0.6 is 0 Å². The maximum absolute atomic E-state index is 11.6. The number of Topliss-reactive ketones (excluding diaryl/α,β-unsaturated/α-hetero) is 1. The largest absolute Gasteiger partial charge is 0.496 e. The van der Waals surface area contributed by atoms with Crippen molar-refractivity contribution in [3.8, 4) is 5.75 Å².